The maximum atomic E-state index is 12.2. The minimum atomic E-state index is -3.47. The number of nitrogens with one attached hydrogen (secondary N) is 1. The highest BCUT2D eigenvalue weighted by atomic mass is 32.2. The minimum absolute atomic E-state index is 0.271. The van der Waals surface area contributed by atoms with Crippen molar-refractivity contribution in [1.29, 1.82) is 0 Å². The molecule has 0 saturated carbocycles. The molecule has 5 nitrogen and oxygen atoms in total. The molecule has 28 heavy (non-hydrogen) atoms. The number of benzene rings is 1. The fourth-order valence-corrected chi connectivity index (χ4v) is 4.30. The molecule has 6 heteroatoms. The van der Waals surface area contributed by atoms with Crippen molar-refractivity contribution in [2.75, 3.05) is 13.7 Å². The third kappa shape index (κ3) is 4.58. The lowest BCUT2D eigenvalue weighted by Crippen LogP contribution is -2.24. The first kappa shape index (κ1) is 20.0. The molecule has 1 aromatic carbocycles. The van der Waals surface area contributed by atoms with Crippen LogP contribution in [0.5, 0.6) is 0 Å². The van der Waals surface area contributed by atoms with E-state index in [1.54, 1.807) is 30.3 Å². The zero-order chi connectivity index (χ0) is 20.0. The van der Waals surface area contributed by atoms with E-state index in [2.05, 4.69) is 4.72 Å². The summed E-state index contributed by atoms with van der Waals surface area (Å²) < 4.78 is 32.0. The van der Waals surface area contributed by atoms with Crippen LogP contribution in [-0.4, -0.2) is 28.0 Å². The standard InChI is InChI=1S/C22H23NO4S/c1-27-22(24)21-16-17(19-13-6-3-7-14-20(19)21)10-8-9-15-23-28(25,26)18-11-4-2-5-12-18/h2-7,11-14,16,23H,8-10,15H2,1H3. The summed E-state index contributed by atoms with van der Waals surface area (Å²) >= 11 is 0. The van der Waals surface area contributed by atoms with E-state index < -0.39 is 10.0 Å². The highest BCUT2D eigenvalue weighted by Crippen LogP contribution is 2.33. The normalized spacial score (nSPS) is 11.5. The molecule has 0 unspecified atom stereocenters. The molecule has 2 aliphatic rings. The Balaban J connectivity index is 1.61. The SMILES string of the molecule is COC(=O)c1cc(CCCCNS(=O)(=O)c2ccccc2)c2cccccc1-2. The van der Waals surface area contributed by atoms with Gasteiger partial charge in [0.1, 0.15) is 0 Å². The first-order valence-corrected chi connectivity index (χ1v) is 10.6. The Morgan fingerprint density at radius 1 is 0.929 bits per heavy atom. The molecule has 0 fully saturated rings. The number of rotatable bonds is 8. The van der Waals surface area contributed by atoms with Crippen LogP contribution in [0.2, 0.25) is 0 Å². The quantitative estimate of drug-likeness (QED) is 0.462. The molecule has 0 amide bonds. The predicted octanol–water partition coefficient (Wildman–Crippen LogP) is 3.88. The molecule has 0 radical (unpaired) electrons. The van der Waals surface area contributed by atoms with Gasteiger partial charge >= 0.3 is 5.97 Å². The molecule has 0 atom stereocenters. The molecule has 1 N–H and O–H groups in total. The van der Waals surface area contributed by atoms with Gasteiger partial charge in [-0.05, 0) is 54.2 Å². The fourth-order valence-electron chi connectivity index (χ4n) is 3.21. The molecule has 0 aliphatic heterocycles. The average molecular weight is 397 g/mol. The van der Waals surface area contributed by atoms with Gasteiger partial charge in [0.15, 0.2) is 0 Å². The van der Waals surface area contributed by atoms with Crippen LogP contribution in [0.4, 0.5) is 0 Å². The van der Waals surface area contributed by atoms with Crippen molar-refractivity contribution in [3.8, 4) is 11.1 Å². The number of methoxy groups -OCH3 is 1. The van der Waals surface area contributed by atoms with Gasteiger partial charge in [-0.25, -0.2) is 17.9 Å². The maximum absolute atomic E-state index is 12.2. The Morgan fingerprint density at radius 3 is 2.25 bits per heavy atom. The topological polar surface area (TPSA) is 72.5 Å². The van der Waals surface area contributed by atoms with E-state index in [0.717, 1.165) is 29.5 Å². The van der Waals surface area contributed by atoms with Crippen LogP contribution < -0.4 is 4.72 Å². The van der Waals surface area contributed by atoms with Crippen LogP contribution >= 0.6 is 0 Å². The van der Waals surface area contributed by atoms with Crippen LogP contribution in [0.25, 0.3) is 11.1 Å². The number of carbonyl (C=O) groups is 1. The van der Waals surface area contributed by atoms with Gasteiger partial charge in [0, 0.05) is 6.54 Å². The Morgan fingerprint density at radius 2 is 1.57 bits per heavy atom. The zero-order valence-electron chi connectivity index (χ0n) is 15.7. The summed E-state index contributed by atoms with van der Waals surface area (Å²) in [6.07, 6.45) is 2.26. The maximum Gasteiger partial charge on any atom is 0.338 e. The van der Waals surface area contributed by atoms with Gasteiger partial charge in [-0.15, -0.1) is 0 Å². The highest BCUT2D eigenvalue weighted by Gasteiger charge is 2.20. The lowest BCUT2D eigenvalue weighted by Gasteiger charge is -2.07. The third-order valence-corrected chi connectivity index (χ3v) is 6.09. The summed E-state index contributed by atoms with van der Waals surface area (Å²) in [5, 5.41) is 0. The highest BCUT2D eigenvalue weighted by molar-refractivity contribution is 7.89. The van der Waals surface area contributed by atoms with Crippen molar-refractivity contribution in [2.45, 2.75) is 24.2 Å². The molecule has 2 aliphatic carbocycles. The number of ether oxygens (including phenoxy) is 1. The zero-order valence-corrected chi connectivity index (χ0v) is 16.5. The molecule has 1 aromatic rings. The predicted molar refractivity (Wildman–Crippen MR) is 109 cm³/mol. The van der Waals surface area contributed by atoms with Gasteiger partial charge in [-0.3, -0.25) is 0 Å². The summed E-state index contributed by atoms with van der Waals surface area (Å²) in [6, 6.07) is 19.9. The molecular weight excluding hydrogens is 374 g/mol. The molecule has 146 valence electrons. The van der Waals surface area contributed by atoms with Crippen LogP contribution in [0.15, 0.2) is 71.6 Å². The van der Waals surface area contributed by atoms with E-state index in [9.17, 15) is 13.2 Å². The number of fused-ring (bicyclic) bond motifs is 1. The van der Waals surface area contributed by atoms with Gasteiger partial charge in [-0.1, -0.05) is 48.5 Å². The van der Waals surface area contributed by atoms with Crippen molar-refractivity contribution in [3.63, 3.8) is 0 Å². The van der Waals surface area contributed by atoms with Crippen LogP contribution in [0.3, 0.4) is 0 Å². The van der Waals surface area contributed by atoms with E-state index in [-0.39, 0.29) is 10.9 Å². The number of aryl methyl sites for hydroxylation is 1. The van der Waals surface area contributed by atoms with Crippen molar-refractivity contribution >= 4 is 16.0 Å². The Bertz CT molecular complexity index is 1020. The van der Waals surface area contributed by atoms with Gasteiger partial charge in [0.25, 0.3) is 0 Å². The Labute approximate surface area is 165 Å². The second-order valence-corrected chi connectivity index (χ2v) is 8.25. The van der Waals surface area contributed by atoms with Crippen molar-refractivity contribution < 1.29 is 17.9 Å². The van der Waals surface area contributed by atoms with Crippen molar-refractivity contribution in [1.82, 2.24) is 4.72 Å². The van der Waals surface area contributed by atoms with E-state index in [1.807, 2.05) is 36.4 Å². The van der Waals surface area contributed by atoms with Gasteiger partial charge in [-0.2, -0.15) is 0 Å². The molecular formula is C22H23NO4S. The van der Waals surface area contributed by atoms with Crippen molar-refractivity contribution in [3.05, 3.63) is 77.9 Å². The first-order chi connectivity index (χ1) is 13.5. The average Bonchev–Trinajstić information content (AvgIpc) is 2.88. The number of carbonyl (C=O) groups excluding carboxylic acids is 1. The van der Waals surface area contributed by atoms with E-state index in [1.165, 1.54) is 7.11 Å². The lowest BCUT2D eigenvalue weighted by molar-refractivity contribution is 0.0602. The second-order valence-electron chi connectivity index (χ2n) is 6.48. The molecule has 0 heterocycles. The fraction of sp³-hybridized carbons (Fsp3) is 0.227. The molecule has 0 aromatic heterocycles. The summed E-state index contributed by atoms with van der Waals surface area (Å²) in [4.78, 5) is 12.3. The van der Waals surface area contributed by atoms with Gasteiger partial charge in [0.2, 0.25) is 10.0 Å². The smallest absolute Gasteiger partial charge is 0.338 e. The number of hydrogen-bond donors (Lipinski definition) is 1. The number of esters is 1. The molecule has 0 bridgehead atoms. The Kier molecular flexibility index (Phi) is 6.44. The summed E-state index contributed by atoms with van der Waals surface area (Å²) in [7, 11) is -2.09. The largest absolute Gasteiger partial charge is 0.465 e. The second kappa shape index (κ2) is 8.99. The number of hydrogen-bond acceptors (Lipinski definition) is 4. The summed E-state index contributed by atoms with van der Waals surface area (Å²) in [6.45, 7) is 0.369. The van der Waals surface area contributed by atoms with Crippen LogP contribution in [0.1, 0.15) is 28.8 Å². The van der Waals surface area contributed by atoms with E-state index >= 15 is 0 Å². The molecule has 0 saturated heterocycles. The number of sulfonamides is 1. The van der Waals surface area contributed by atoms with E-state index in [4.69, 9.17) is 4.74 Å². The number of unbranched alkanes of at least 4 members (excludes halogenated alkanes) is 1. The van der Waals surface area contributed by atoms with Gasteiger partial charge < -0.3 is 4.74 Å². The lowest BCUT2D eigenvalue weighted by atomic mass is 10.0. The first-order valence-electron chi connectivity index (χ1n) is 9.16. The third-order valence-electron chi connectivity index (χ3n) is 4.62. The Hall–Kier alpha value is -2.70. The molecule has 0 spiro atoms. The van der Waals surface area contributed by atoms with Gasteiger partial charge in [0.05, 0.1) is 17.6 Å². The summed E-state index contributed by atoms with van der Waals surface area (Å²) in [5.74, 6) is -0.349. The minimum Gasteiger partial charge on any atom is -0.465 e. The molecule has 3 rings (SSSR count). The van der Waals surface area contributed by atoms with Crippen LogP contribution in [0, 0.1) is 0 Å². The monoisotopic (exact) mass is 397 g/mol. The van der Waals surface area contributed by atoms with Crippen LogP contribution in [-0.2, 0) is 21.2 Å². The summed E-state index contributed by atoms with van der Waals surface area (Å²) in [5.41, 5.74) is 3.53. The van der Waals surface area contributed by atoms with Crippen molar-refractivity contribution in [2.24, 2.45) is 0 Å². The van der Waals surface area contributed by atoms with E-state index in [0.29, 0.717) is 18.5 Å².